The Bertz CT molecular complexity index is 347. The van der Waals surface area contributed by atoms with E-state index in [2.05, 4.69) is 5.32 Å². The maximum atomic E-state index is 12.3. The van der Waals surface area contributed by atoms with E-state index in [9.17, 15) is 8.42 Å². The molecule has 1 N–H and O–H groups in total. The molecule has 0 radical (unpaired) electrons. The average molecular weight is 273 g/mol. The number of nitrogens with one attached hydrogen (secondary N) is 1. The summed E-state index contributed by atoms with van der Waals surface area (Å²) in [6.07, 6.45) is 9.76. The minimum atomic E-state index is -2.83. The summed E-state index contributed by atoms with van der Waals surface area (Å²) in [5.74, 6) is 0.994. The molecule has 2 atom stereocenters. The molecule has 0 aromatic carbocycles. The van der Waals surface area contributed by atoms with E-state index in [0.29, 0.717) is 17.7 Å². The van der Waals surface area contributed by atoms with Crippen molar-refractivity contribution < 1.29 is 8.42 Å². The zero-order valence-corrected chi connectivity index (χ0v) is 12.3. The molecule has 3 nitrogen and oxygen atoms in total. The summed E-state index contributed by atoms with van der Waals surface area (Å²) >= 11 is 0. The summed E-state index contributed by atoms with van der Waals surface area (Å²) in [7, 11) is -0.832. The van der Waals surface area contributed by atoms with Crippen LogP contribution in [0.25, 0.3) is 0 Å². The molecule has 0 saturated heterocycles. The van der Waals surface area contributed by atoms with Crippen molar-refractivity contribution in [3.8, 4) is 0 Å². The van der Waals surface area contributed by atoms with Crippen LogP contribution in [0.5, 0.6) is 0 Å². The fourth-order valence-electron chi connectivity index (χ4n) is 3.67. The van der Waals surface area contributed by atoms with Gasteiger partial charge in [-0.1, -0.05) is 25.7 Å². The summed E-state index contributed by atoms with van der Waals surface area (Å²) in [4.78, 5) is 0. The molecule has 106 valence electrons. The zero-order chi connectivity index (χ0) is 13.0. The van der Waals surface area contributed by atoms with Crippen LogP contribution in [0.2, 0.25) is 0 Å². The lowest BCUT2D eigenvalue weighted by Crippen LogP contribution is -2.32. The van der Waals surface area contributed by atoms with Crippen molar-refractivity contribution in [3.63, 3.8) is 0 Å². The highest BCUT2D eigenvalue weighted by Crippen LogP contribution is 2.30. The molecule has 0 aliphatic heterocycles. The van der Waals surface area contributed by atoms with Gasteiger partial charge in [-0.05, 0) is 45.1 Å². The fraction of sp³-hybridized carbons (Fsp3) is 1.00. The van der Waals surface area contributed by atoms with Crippen LogP contribution in [-0.4, -0.2) is 32.5 Å². The molecule has 2 aliphatic carbocycles. The molecule has 2 aliphatic rings. The van der Waals surface area contributed by atoms with Gasteiger partial charge in [-0.25, -0.2) is 8.42 Å². The molecular weight excluding hydrogens is 246 g/mol. The summed E-state index contributed by atoms with van der Waals surface area (Å²) < 4.78 is 24.6. The van der Waals surface area contributed by atoms with Crippen molar-refractivity contribution in [2.24, 2.45) is 5.92 Å². The van der Waals surface area contributed by atoms with Crippen molar-refractivity contribution in [2.45, 2.75) is 69.1 Å². The van der Waals surface area contributed by atoms with Crippen LogP contribution in [-0.2, 0) is 9.84 Å². The quantitative estimate of drug-likeness (QED) is 0.837. The molecule has 0 spiro atoms. The van der Waals surface area contributed by atoms with Crippen molar-refractivity contribution in [3.05, 3.63) is 0 Å². The van der Waals surface area contributed by atoms with Gasteiger partial charge in [-0.15, -0.1) is 0 Å². The third-order valence-electron chi connectivity index (χ3n) is 4.86. The topological polar surface area (TPSA) is 46.2 Å². The predicted octanol–water partition coefficient (Wildman–Crippen LogP) is 2.51. The number of sulfone groups is 1. The molecule has 0 heterocycles. The third-order valence-corrected chi connectivity index (χ3v) is 7.15. The van der Waals surface area contributed by atoms with E-state index < -0.39 is 9.84 Å². The molecule has 2 rings (SSSR count). The fourth-order valence-corrected chi connectivity index (χ4v) is 5.69. The second kappa shape index (κ2) is 6.38. The highest BCUT2D eigenvalue weighted by molar-refractivity contribution is 7.92. The highest BCUT2D eigenvalue weighted by atomic mass is 32.2. The Morgan fingerprint density at radius 1 is 1.00 bits per heavy atom. The van der Waals surface area contributed by atoms with Crippen LogP contribution >= 0.6 is 0 Å². The third kappa shape index (κ3) is 3.47. The van der Waals surface area contributed by atoms with Crippen molar-refractivity contribution in [2.75, 3.05) is 12.8 Å². The van der Waals surface area contributed by atoms with E-state index in [1.165, 1.54) is 25.7 Å². The SMILES string of the molecule is CNC1CCCC1CCS(=O)(=O)C1CCCCC1. The van der Waals surface area contributed by atoms with E-state index in [0.717, 1.165) is 32.1 Å². The lowest BCUT2D eigenvalue weighted by Gasteiger charge is -2.24. The van der Waals surface area contributed by atoms with E-state index in [-0.39, 0.29) is 5.25 Å². The van der Waals surface area contributed by atoms with Crippen LogP contribution < -0.4 is 5.32 Å². The molecule has 4 heteroatoms. The maximum absolute atomic E-state index is 12.3. The van der Waals surface area contributed by atoms with Crippen molar-refractivity contribution in [1.82, 2.24) is 5.32 Å². The Kier molecular flexibility index (Phi) is 5.07. The Hall–Kier alpha value is -0.0900. The van der Waals surface area contributed by atoms with Gasteiger partial charge in [-0.2, -0.15) is 0 Å². The Balaban J connectivity index is 1.84. The molecular formula is C14H27NO2S. The van der Waals surface area contributed by atoms with E-state index in [4.69, 9.17) is 0 Å². The summed E-state index contributed by atoms with van der Waals surface area (Å²) in [6.45, 7) is 0. The summed E-state index contributed by atoms with van der Waals surface area (Å²) in [5, 5.41) is 3.31. The minimum Gasteiger partial charge on any atom is -0.317 e. The monoisotopic (exact) mass is 273 g/mol. The molecule has 0 aromatic heterocycles. The molecule has 2 saturated carbocycles. The minimum absolute atomic E-state index is 0.0271. The number of hydrogen-bond donors (Lipinski definition) is 1. The van der Waals surface area contributed by atoms with Gasteiger partial charge in [0, 0.05) is 6.04 Å². The molecule has 2 unspecified atom stereocenters. The lowest BCUT2D eigenvalue weighted by molar-refractivity contribution is 0.411. The van der Waals surface area contributed by atoms with Gasteiger partial charge in [-0.3, -0.25) is 0 Å². The van der Waals surface area contributed by atoms with Gasteiger partial charge in [0.15, 0.2) is 9.84 Å². The number of hydrogen-bond acceptors (Lipinski definition) is 3. The van der Waals surface area contributed by atoms with Crippen LogP contribution in [0.4, 0.5) is 0 Å². The normalized spacial score (nSPS) is 30.7. The molecule has 0 aromatic rings. The van der Waals surface area contributed by atoms with E-state index in [1.54, 1.807) is 0 Å². The highest BCUT2D eigenvalue weighted by Gasteiger charge is 2.31. The lowest BCUT2D eigenvalue weighted by atomic mass is 10.0. The van der Waals surface area contributed by atoms with Gasteiger partial charge in [0.05, 0.1) is 11.0 Å². The second-order valence-corrected chi connectivity index (χ2v) is 8.40. The van der Waals surface area contributed by atoms with Gasteiger partial charge in [0.2, 0.25) is 0 Å². The van der Waals surface area contributed by atoms with Gasteiger partial charge in [0.1, 0.15) is 0 Å². The van der Waals surface area contributed by atoms with Crippen LogP contribution in [0.1, 0.15) is 57.8 Å². The average Bonchev–Trinajstić information content (AvgIpc) is 2.85. The largest absolute Gasteiger partial charge is 0.317 e. The molecule has 0 bridgehead atoms. The van der Waals surface area contributed by atoms with Crippen molar-refractivity contribution >= 4 is 9.84 Å². The second-order valence-electron chi connectivity index (χ2n) is 6.00. The van der Waals surface area contributed by atoms with Crippen molar-refractivity contribution in [1.29, 1.82) is 0 Å². The van der Waals surface area contributed by atoms with Crippen LogP contribution in [0, 0.1) is 5.92 Å². The van der Waals surface area contributed by atoms with Gasteiger partial charge < -0.3 is 5.32 Å². The summed E-state index contributed by atoms with van der Waals surface area (Å²) in [5.41, 5.74) is 0. The van der Waals surface area contributed by atoms with Crippen LogP contribution in [0.3, 0.4) is 0 Å². The first-order chi connectivity index (χ1) is 8.63. The van der Waals surface area contributed by atoms with Crippen LogP contribution in [0.15, 0.2) is 0 Å². The zero-order valence-electron chi connectivity index (χ0n) is 11.5. The first-order valence-electron chi connectivity index (χ1n) is 7.52. The van der Waals surface area contributed by atoms with Gasteiger partial charge in [0.25, 0.3) is 0 Å². The van der Waals surface area contributed by atoms with E-state index in [1.807, 2.05) is 7.05 Å². The predicted molar refractivity (Wildman–Crippen MR) is 75.5 cm³/mol. The molecule has 0 amide bonds. The molecule has 18 heavy (non-hydrogen) atoms. The first-order valence-corrected chi connectivity index (χ1v) is 9.24. The standard InChI is InChI=1S/C14H27NO2S/c1-15-14-9-5-6-12(14)10-11-18(16,17)13-7-3-2-4-8-13/h12-15H,2-11H2,1H3. The van der Waals surface area contributed by atoms with Gasteiger partial charge >= 0.3 is 0 Å². The van der Waals surface area contributed by atoms with E-state index >= 15 is 0 Å². The smallest absolute Gasteiger partial charge is 0.153 e. The Morgan fingerprint density at radius 3 is 2.39 bits per heavy atom. The maximum Gasteiger partial charge on any atom is 0.153 e. The summed E-state index contributed by atoms with van der Waals surface area (Å²) in [6, 6.07) is 0.548. The Labute approximate surface area is 112 Å². The Morgan fingerprint density at radius 2 is 1.72 bits per heavy atom. The number of rotatable bonds is 5. The first kappa shape index (κ1) is 14.3. The molecule has 2 fully saturated rings.